The first-order valence-corrected chi connectivity index (χ1v) is 26.2. The van der Waals surface area contributed by atoms with Crippen molar-refractivity contribution in [1.29, 1.82) is 0 Å². The van der Waals surface area contributed by atoms with Crippen molar-refractivity contribution in [1.82, 2.24) is 5.32 Å². The fourth-order valence-electron chi connectivity index (χ4n) is 7.93. The first-order chi connectivity index (χ1) is 29.5. The Bertz CT molecular complexity index is 993. The molecule has 3 atom stereocenters. The third-order valence-electron chi connectivity index (χ3n) is 11.9. The van der Waals surface area contributed by atoms with E-state index >= 15 is 0 Å². The van der Waals surface area contributed by atoms with E-state index in [9.17, 15) is 19.8 Å². The molecule has 0 spiro atoms. The molecule has 0 aromatic carbocycles. The van der Waals surface area contributed by atoms with Crippen molar-refractivity contribution < 1.29 is 24.5 Å². The van der Waals surface area contributed by atoms with E-state index in [1.807, 2.05) is 0 Å². The molecule has 0 aromatic heterocycles. The molecule has 60 heavy (non-hydrogen) atoms. The number of carbonyl (C=O) groups is 2. The minimum absolute atomic E-state index is 0.0557. The minimum Gasteiger partial charge on any atom is -0.462 e. The van der Waals surface area contributed by atoms with Crippen LogP contribution in [-0.2, 0) is 14.3 Å². The lowest BCUT2D eigenvalue weighted by atomic mass is 10.0. The molecule has 0 aliphatic carbocycles. The molecule has 3 unspecified atom stereocenters. The van der Waals surface area contributed by atoms with Gasteiger partial charge in [-0.15, -0.1) is 0 Å². The van der Waals surface area contributed by atoms with Crippen LogP contribution in [-0.4, -0.2) is 46.9 Å². The van der Waals surface area contributed by atoms with Crippen molar-refractivity contribution in [3.05, 3.63) is 36.5 Å². The zero-order valence-electron chi connectivity index (χ0n) is 40.1. The van der Waals surface area contributed by atoms with Gasteiger partial charge >= 0.3 is 5.97 Å². The van der Waals surface area contributed by atoms with Crippen LogP contribution in [0.15, 0.2) is 36.5 Å². The van der Waals surface area contributed by atoms with Gasteiger partial charge in [-0.25, -0.2) is 0 Å². The van der Waals surface area contributed by atoms with Crippen molar-refractivity contribution in [2.24, 2.45) is 0 Å². The largest absolute Gasteiger partial charge is 0.462 e. The standard InChI is InChI=1S/C54H101NO5/c1-4-7-10-13-16-19-22-24-25-26-27-29-32-35-38-41-44-47-54(59)60-50(45-42-39-36-33-30-21-18-15-12-9-6-3)48-53(58)55-51(49-56)52(57)46-43-40-37-34-31-28-23-20-17-14-11-8-5-2/h16,19,24-25,33,36,50-52,56-57H,4-15,17-18,20-23,26-32,34-35,37-49H2,1-3H3,(H,55,58)/b19-16-,25-24-,36-33-. The number of ether oxygens (including phenoxy) is 1. The third kappa shape index (κ3) is 42.8. The van der Waals surface area contributed by atoms with E-state index in [-0.39, 0.29) is 24.9 Å². The number of allylic oxidation sites excluding steroid dienone is 6. The molecule has 352 valence electrons. The molecular formula is C54H101NO5. The lowest BCUT2D eigenvalue weighted by Crippen LogP contribution is -2.46. The van der Waals surface area contributed by atoms with E-state index in [1.165, 1.54) is 154 Å². The van der Waals surface area contributed by atoms with E-state index < -0.39 is 18.2 Å². The van der Waals surface area contributed by atoms with Crippen molar-refractivity contribution >= 4 is 11.9 Å². The summed E-state index contributed by atoms with van der Waals surface area (Å²) in [4.78, 5) is 26.1. The molecule has 6 heteroatoms. The van der Waals surface area contributed by atoms with Gasteiger partial charge < -0.3 is 20.3 Å². The highest BCUT2D eigenvalue weighted by atomic mass is 16.5. The second-order valence-electron chi connectivity index (χ2n) is 17.9. The van der Waals surface area contributed by atoms with Crippen molar-refractivity contribution in [2.45, 2.75) is 289 Å². The number of amides is 1. The fraction of sp³-hybridized carbons (Fsp3) is 0.852. The zero-order chi connectivity index (χ0) is 43.8. The molecule has 0 aliphatic heterocycles. The Morgan fingerprint density at radius 3 is 1.35 bits per heavy atom. The minimum atomic E-state index is -0.793. The Labute approximate surface area is 373 Å². The van der Waals surface area contributed by atoms with Gasteiger partial charge in [0.25, 0.3) is 0 Å². The summed E-state index contributed by atoms with van der Waals surface area (Å²) >= 11 is 0. The first kappa shape index (κ1) is 58.1. The summed E-state index contributed by atoms with van der Waals surface area (Å²) in [6.45, 7) is 6.45. The molecule has 0 radical (unpaired) electrons. The Morgan fingerprint density at radius 1 is 0.483 bits per heavy atom. The third-order valence-corrected chi connectivity index (χ3v) is 11.9. The van der Waals surface area contributed by atoms with Gasteiger partial charge in [-0.05, 0) is 77.0 Å². The molecule has 6 nitrogen and oxygen atoms in total. The van der Waals surface area contributed by atoms with Crippen LogP contribution in [0, 0.1) is 0 Å². The Hall–Kier alpha value is -1.92. The van der Waals surface area contributed by atoms with Gasteiger partial charge in [0.2, 0.25) is 5.91 Å². The van der Waals surface area contributed by atoms with Gasteiger partial charge in [0.15, 0.2) is 0 Å². The summed E-state index contributed by atoms with van der Waals surface area (Å²) in [6.07, 6.45) is 56.3. The molecule has 0 aliphatic rings. The average molecular weight is 844 g/mol. The maximum Gasteiger partial charge on any atom is 0.306 e. The van der Waals surface area contributed by atoms with Gasteiger partial charge in [-0.1, -0.05) is 218 Å². The van der Waals surface area contributed by atoms with E-state index in [2.05, 4.69) is 62.5 Å². The van der Waals surface area contributed by atoms with E-state index in [0.717, 1.165) is 70.6 Å². The molecule has 0 heterocycles. The van der Waals surface area contributed by atoms with Crippen molar-refractivity contribution in [3.63, 3.8) is 0 Å². The highest BCUT2D eigenvalue weighted by Crippen LogP contribution is 2.17. The predicted molar refractivity (Wildman–Crippen MR) is 259 cm³/mol. The lowest BCUT2D eigenvalue weighted by Gasteiger charge is -2.24. The summed E-state index contributed by atoms with van der Waals surface area (Å²) in [7, 11) is 0. The van der Waals surface area contributed by atoms with Gasteiger partial charge in [-0.3, -0.25) is 9.59 Å². The second-order valence-corrected chi connectivity index (χ2v) is 17.9. The van der Waals surface area contributed by atoms with Crippen LogP contribution in [0.5, 0.6) is 0 Å². The molecule has 1 amide bonds. The normalized spacial score (nSPS) is 13.5. The van der Waals surface area contributed by atoms with E-state index in [4.69, 9.17) is 4.74 Å². The summed E-state index contributed by atoms with van der Waals surface area (Å²) in [5, 5.41) is 23.7. The van der Waals surface area contributed by atoms with Crippen molar-refractivity contribution in [3.8, 4) is 0 Å². The second kappa shape index (κ2) is 48.1. The smallest absolute Gasteiger partial charge is 0.306 e. The number of esters is 1. The highest BCUT2D eigenvalue weighted by Gasteiger charge is 2.24. The Kier molecular flexibility index (Phi) is 46.6. The molecule has 0 fully saturated rings. The van der Waals surface area contributed by atoms with Crippen LogP contribution in [0.4, 0.5) is 0 Å². The number of hydrogen-bond acceptors (Lipinski definition) is 5. The number of carbonyl (C=O) groups excluding carboxylic acids is 2. The topological polar surface area (TPSA) is 95.9 Å². The average Bonchev–Trinajstić information content (AvgIpc) is 3.24. The molecule has 0 saturated carbocycles. The van der Waals surface area contributed by atoms with E-state index in [1.54, 1.807) is 0 Å². The number of aliphatic hydroxyl groups excluding tert-OH is 2. The van der Waals surface area contributed by atoms with Crippen molar-refractivity contribution in [2.75, 3.05) is 6.61 Å². The summed E-state index contributed by atoms with van der Waals surface area (Å²) < 4.78 is 5.91. The first-order valence-electron chi connectivity index (χ1n) is 26.2. The number of rotatable bonds is 47. The Morgan fingerprint density at radius 2 is 0.867 bits per heavy atom. The van der Waals surface area contributed by atoms with Crippen LogP contribution in [0.1, 0.15) is 271 Å². The fourth-order valence-corrected chi connectivity index (χ4v) is 7.93. The van der Waals surface area contributed by atoms with Crippen LogP contribution >= 0.6 is 0 Å². The molecule has 0 bridgehead atoms. The number of unbranched alkanes of at least 4 members (excludes halogenated alkanes) is 29. The number of hydrogen-bond donors (Lipinski definition) is 3. The molecule has 0 rings (SSSR count). The zero-order valence-corrected chi connectivity index (χ0v) is 40.1. The van der Waals surface area contributed by atoms with Gasteiger partial charge in [-0.2, -0.15) is 0 Å². The van der Waals surface area contributed by atoms with Crippen LogP contribution in [0.2, 0.25) is 0 Å². The summed E-state index contributed by atoms with van der Waals surface area (Å²) in [6, 6.07) is -0.708. The SMILES string of the molecule is CCCCC/C=C\C/C=C\CCCCCCCCCC(=O)OC(CCC/C=C\CCCCCCCC)CC(=O)NC(CO)C(O)CCCCCCCCCCCCCCC. The maximum atomic E-state index is 13.2. The highest BCUT2D eigenvalue weighted by molar-refractivity contribution is 5.77. The quantitative estimate of drug-likeness (QED) is 0.0322. The molecule has 0 saturated heterocycles. The van der Waals surface area contributed by atoms with E-state index in [0.29, 0.717) is 19.3 Å². The predicted octanol–water partition coefficient (Wildman–Crippen LogP) is 15.7. The number of nitrogens with one attached hydrogen (secondary N) is 1. The summed E-state index contributed by atoms with van der Waals surface area (Å²) in [5.41, 5.74) is 0. The van der Waals surface area contributed by atoms with Gasteiger partial charge in [0, 0.05) is 6.42 Å². The van der Waals surface area contributed by atoms with Crippen LogP contribution in [0.25, 0.3) is 0 Å². The van der Waals surface area contributed by atoms with Crippen LogP contribution in [0.3, 0.4) is 0 Å². The van der Waals surface area contributed by atoms with Gasteiger partial charge in [0.1, 0.15) is 6.10 Å². The van der Waals surface area contributed by atoms with Crippen LogP contribution < -0.4 is 5.32 Å². The molecule has 3 N–H and O–H groups in total. The molecular weight excluding hydrogens is 743 g/mol. The molecule has 0 aromatic rings. The lowest BCUT2D eigenvalue weighted by molar-refractivity contribution is -0.151. The maximum absolute atomic E-state index is 13.2. The van der Waals surface area contributed by atoms with Gasteiger partial charge in [0.05, 0.1) is 25.2 Å². The number of aliphatic hydroxyl groups is 2. The monoisotopic (exact) mass is 844 g/mol. The Balaban J connectivity index is 4.54. The summed E-state index contributed by atoms with van der Waals surface area (Å²) in [5.74, 6) is -0.504.